The number of nitrogens with one attached hydrogen (secondary N) is 3. The maximum Gasteiger partial charge on any atom is 0.414 e. The van der Waals surface area contributed by atoms with E-state index in [9.17, 15) is 0 Å². The third-order valence-electron chi connectivity index (χ3n) is 6.89. The van der Waals surface area contributed by atoms with Gasteiger partial charge in [0, 0.05) is 43.3 Å². The van der Waals surface area contributed by atoms with Crippen LogP contribution in [0.5, 0.6) is 0 Å². The number of pyridine rings is 1. The van der Waals surface area contributed by atoms with Gasteiger partial charge in [0.1, 0.15) is 0 Å². The molecule has 0 spiro atoms. The lowest BCUT2D eigenvalue weighted by Crippen LogP contribution is -2.30. The number of rotatable bonds is 8. The molecule has 5 heterocycles. The summed E-state index contributed by atoms with van der Waals surface area (Å²) in [5.74, 6) is -12.8. The molecule has 1 aliphatic rings. The maximum atomic E-state index is 9.10. The molecule has 6 rings (SSSR count). The van der Waals surface area contributed by atoms with Gasteiger partial charge in [0.2, 0.25) is 11.9 Å². The summed E-state index contributed by atoms with van der Waals surface area (Å²) in [5, 5.41) is 68.4. The number of aromatic nitrogens is 5. The van der Waals surface area contributed by atoms with E-state index in [2.05, 4.69) is 76.8 Å². The third kappa shape index (κ3) is 16.1. The Morgan fingerprint density at radius 1 is 0.737 bits per heavy atom. The number of hydrogen-bond acceptors (Lipinski definition) is 15. The largest absolute Gasteiger partial charge is 0.473 e. The second-order valence-corrected chi connectivity index (χ2v) is 11.9. The van der Waals surface area contributed by atoms with Crippen LogP contribution in [0.3, 0.4) is 0 Å². The summed E-state index contributed by atoms with van der Waals surface area (Å²) in [4.78, 5) is 93.5. The molecule has 1 fully saturated rings. The fourth-order valence-electron chi connectivity index (χ4n) is 4.51. The first-order valence-corrected chi connectivity index (χ1v) is 16.6. The highest BCUT2D eigenvalue weighted by Crippen LogP contribution is 2.24. The molecule has 1 aliphatic heterocycles. The Bertz CT molecular complexity index is 2010. The monoisotopic (exact) mass is 818 g/mol. The Morgan fingerprint density at radius 2 is 1.32 bits per heavy atom. The fourth-order valence-corrected chi connectivity index (χ4v) is 5.21. The molecule has 57 heavy (non-hydrogen) atoms. The number of para-hydroxylation sites is 2. The van der Waals surface area contributed by atoms with Crippen LogP contribution in [0.2, 0.25) is 0 Å². The topological polar surface area (TPSA) is 385 Å². The minimum atomic E-state index is -1.82. The van der Waals surface area contributed by atoms with E-state index in [1.807, 2.05) is 6.07 Å². The van der Waals surface area contributed by atoms with Gasteiger partial charge in [-0.15, -0.1) is 11.3 Å². The number of aromatic amines is 1. The predicted molar refractivity (Wildman–Crippen MR) is 195 cm³/mol. The van der Waals surface area contributed by atoms with Gasteiger partial charge in [0.25, 0.3) is 0 Å². The Morgan fingerprint density at radius 3 is 1.84 bits per heavy atom. The van der Waals surface area contributed by atoms with Crippen LogP contribution in [0.4, 0.5) is 11.9 Å². The summed E-state index contributed by atoms with van der Waals surface area (Å²) in [6.07, 6.45) is 4.67. The van der Waals surface area contributed by atoms with Crippen molar-refractivity contribution in [3.8, 4) is 0 Å². The summed E-state index contributed by atoms with van der Waals surface area (Å²) in [7, 11) is 0. The minimum absolute atomic E-state index is 0.390. The molecule has 1 unspecified atom stereocenters. The number of thiophene rings is 1. The number of carboxylic acid groups (broad SMARTS) is 8. The highest BCUT2D eigenvalue weighted by Gasteiger charge is 2.24. The predicted octanol–water partition coefficient (Wildman–Crippen LogP) is 0.638. The molecule has 0 saturated carbocycles. The van der Waals surface area contributed by atoms with Crippen molar-refractivity contribution in [2.24, 2.45) is 0 Å². The molecule has 304 valence electrons. The van der Waals surface area contributed by atoms with Crippen LogP contribution in [0, 0.1) is 0 Å². The third-order valence-corrected chi connectivity index (χ3v) is 7.75. The van der Waals surface area contributed by atoms with Crippen molar-refractivity contribution in [2.75, 3.05) is 36.8 Å². The van der Waals surface area contributed by atoms with E-state index < -0.39 is 47.8 Å². The molecule has 1 aromatic carbocycles. The number of likely N-dealkylation sites (tertiary alicyclic amines) is 1. The lowest BCUT2D eigenvalue weighted by molar-refractivity contribution is -0.159. The van der Waals surface area contributed by atoms with Crippen molar-refractivity contribution >= 4 is 93.1 Å². The normalized spacial score (nSPS) is 12.7. The zero-order chi connectivity index (χ0) is 42.7. The van der Waals surface area contributed by atoms with E-state index in [-0.39, 0.29) is 0 Å². The number of benzene rings is 1. The minimum Gasteiger partial charge on any atom is -0.473 e. The highest BCUT2D eigenvalue weighted by molar-refractivity contribution is 7.09. The van der Waals surface area contributed by atoms with E-state index in [1.165, 1.54) is 10.4 Å². The number of carbonyl (C=O) groups is 8. The number of hydrogen-bond donors (Lipinski definition) is 11. The summed E-state index contributed by atoms with van der Waals surface area (Å²) in [6.45, 7) is 4.74. The number of imidazole rings is 2. The molecular weight excluding hydrogens is 784 g/mol. The molecule has 25 heteroatoms. The first kappa shape index (κ1) is 45.5. The Labute approximate surface area is 322 Å². The summed E-state index contributed by atoms with van der Waals surface area (Å²) in [5.41, 5.74) is 4.10. The van der Waals surface area contributed by atoms with Gasteiger partial charge in [-0.1, -0.05) is 18.2 Å². The number of H-pyrrole nitrogens is 1. The lowest BCUT2D eigenvalue weighted by Gasteiger charge is -2.18. The van der Waals surface area contributed by atoms with Crippen molar-refractivity contribution in [2.45, 2.75) is 19.0 Å². The average molecular weight is 819 g/mol. The van der Waals surface area contributed by atoms with Crippen molar-refractivity contribution < 1.29 is 79.2 Å². The van der Waals surface area contributed by atoms with Gasteiger partial charge < -0.3 is 61.0 Å². The molecule has 1 saturated heterocycles. The molecule has 5 aromatic rings. The van der Waals surface area contributed by atoms with E-state index in [0.717, 1.165) is 67.6 Å². The number of anilines is 2. The van der Waals surface area contributed by atoms with Crippen molar-refractivity contribution in [1.29, 1.82) is 0 Å². The zero-order valence-electron chi connectivity index (χ0n) is 29.1. The number of carboxylic acids is 8. The quantitative estimate of drug-likeness (QED) is 0.0957. The Hall–Kier alpha value is -7.67. The van der Waals surface area contributed by atoms with Crippen LogP contribution in [-0.2, 0) is 44.9 Å². The number of fused-ring (bicyclic) bond motifs is 2. The maximum absolute atomic E-state index is 9.10. The number of nitrogens with zero attached hydrogens (tertiary/aromatic N) is 5. The summed E-state index contributed by atoms with van der Waals surface area (Å²) < 4.78 is 2.31. The van der Waals surface area contributed by atoms with Crippen LogP contribution in [-0.4, -0.2) is 150 Å². The first-order chi connectivity index (χ1) is 26.9. The molecule has 24 nitrogen and oxygen atoms in total. The van der Waals surface area contributed by atoms with Gasteiger partial charge in [-0.3, -0.25) is 9.88 Å². The van der Waals surface area contributed by atoms with Crippen molar-refractivity contribution in [3.63, 3.8) is 0 Å². The first-order valence-electron chi connectivity index (χ1n) is 15.7. The van der Waals surface area contributed by atoms with Gasteiger partial charge in [-0.2, -0.15) is 0 Å². The van der Waals surface area contributed by atoms with Gasteiger partial charge in [0.15, 0.2) is 0 Å². The molecule has 0 radical (unpaired) electrons. The van der Waals surface area contributed by atoms with E-state index in [1.54, 1.807) is 23.7 Å². The highest BCUT2D eigenvalue weighted by atomic mass is 32.1. The SMILES string of the molecule is O=C(O)C(=O)O.O=C(O)C(=O)O.O=C(O)C(=O)O.O=C(O)C(=O)O.c1csc(Cn2c(NC3CCN(CCNc4nc5ccncc5[nH]4)C3)nc3ccccc32)c1. The Kier molecular flexibility index (Phi) is 18.0. The fraction of sp³-hybridized carbons (Fsp3) is 0.219. The standard InChI is InChI=1S/C24H26N8S.4C2H2O4/c1-2-6-22-20(5-1)30-24(32(22)16-18-4-3-13-33-18)27-17-8-11-31(15-17)12-10-26-23-28-19-7-9-25-14-21(19)29-23;4*3-1(4)2(5)6/h1-7,9,13-14,17H,8,10-12,15-16H2,(H,27,30)(H2,26,28,29);4*(H,3,4)(H,5,6). The van der Waals surface area contributed by atoms with E-state index in [4.69, 9.17) is 84.2 Å². The van der Waals surface area contributed by atoms with Crippen molar-refractivity contribution in [3.05, 3.63) is 65.1 Å². The summed E-state index contributed by atoms with van der Waals surface area (Å²) in [6, 6.07) is 15.0. The number of aliphatic carboxylic acids is 8. The molecule has 11 N–H and O–H groups in total. The Balaban J connectivity index is 0.000000382. The second-order valence-electron chi connectivity index (χ2n) is 10.9. The van der Waals surface area contributed by atoms with Crippen LogP contribution >= 0.6 is 11.3 Å². The smallest absolute Gasteiger partial charge is 0.414 e. The lowest BCUT2D eigenvalue weighted by atomic mass is 10.3. The molecule has 1 atom stereocenters. The average Bonchev–Trinajstić information content (AvgIpc) is 3.97. The van der Waals surface area contributed by atoms with Gasteiger partial charge >= 0.3 is 47.8 Å². The molecule has 4 aromatic heterocycles. The molecule has 0 aliphatic carbocycles. The van der Waals surface area contributed by atoms with Gasteiger partial charge in [-0.25, -0.2) is 48.3 Å². The molecule has 0 bridgehead atoms. The van der Waals surface area contributed by atoms with Crippen LogP contribution < -0.4 is 10.6 Å². The van der Waals surface area contributed by atoms with E-state index >= 15 is 0 Å². The van der Waals surface area contributed by atoms with Gasteiger partial charge in [-0.05, 0) is 36.1 Å². The molecular formula is C32H34N8O16S. The van der Waals surface area contributed by atoms with Crippen molar-refractivity contribution in [1.82, 2.24) is 29.4 Å². The molecule has 0 amide bonds. The van der Waals surface area contributed by atoms with Gasteiger partial charge in [0.05, 0.1) is 34.8 Å². The van der Waals surface area contributed by atoms with E-state index in [0.29, 0.717) is 6.04 Å². The zero-order valence-corrected chi connectivity index (χ0v) is 29.9. The second kappa shape index (κ2) is 22.5. The van der Waals surface area contributed by atoms with Crippen LogP contribution in [0.25, 0.3) is 22.1 Å². The van der Waals surface area contributed by atoms with Crippen LogP contribution in [0.15, 0.2) is 60.2 Å². The summed E-state index contributed by atoms with van der Waals surface area (Å²) >= 11 is 1.79. The van der Waals surface area contributed by atoms with Crippen LogP contribution in [0.1, 0.15) is 11.3 Å².